The maximum atomic E-state index is 12.5. The van der Waals surface area contributed by atoms with Gasteiger partial charge in [-0.2, -0.15) is 5.10 Å². The van der Waals surface area contributed by atoms with Crippen molar-refractivity contribution in [2.45, 2.75) is 13.0 Å². The van der Waals surface area contributed by atoms with E-state index in [1.165, 1.54) is 6.08 Å². The zero-order valence-corrected chi connectivity index (χ0v) is 15.3. The number of benzene rings is 1. The molecule has 26 heavy (non-hydrogen) atoms. The van der Waals surface area contributed by atoms with Crippen LogP contribution in [0.4, 0.5) is 0 Å². The van der Waals surface area contributed by atoms with Gasteiger partial charge in [0.1, 0.15) is 5.15 Å². The predicted octanol–water partition coefficient (Wildman–Crippen LogP) is 3.70. The highest BCUT2D eigenvalue weighted by Gasteiger charge is 2.17. The van der Waals surface area contributed by atoms with Gasteiger partial charge in [0.15, 0.2) is 0 Å². The van der Waals surface area contributed by atoms with Gasteiger partial charge >= 0.3 is 0 Å². The third-order valence-corrected chi connectivity index (χ3v) is 4.45. The molecule has 0 aliphatic carbocycles. The van der Waals surface area contributed by atoms with Crippen molar-refractivity contribution >= 4 is 23.6 Å². The SMILES string of the molecule is Cc1nn(C)c(Cl)c1/C=C/C(=O)NC(c1ccccc1)c1ccccn1. The Morgan fingerprint density at radius 3 is 2.54 bits per heavy atom. The van der Waals surface area contributed by atoms with Crippen LogP contribution in [-0.2, 0) is 11.8 Å². The second-order valence-corrected chi connectivity index (χ2v) is 6.21. The molecule has 0 saturated heterocycles. The summed E-state index contributed by atoms with van der Waals surface area (Å²) < 4.78 is 1.58. The van der Waals surface area contributed by atoms with Gasteiger partial charge in [-0.05, 0) is 30.7 Å². The van der Waals surface area contributed by atoms with Crippen LogP contribution in [0, 0.1) is 6.92 Å². The van der Waals surface area contributed by atoms with Gasteiger partial charge in [0, 0.05) is 24.9 Å². The van der Waals surface area contributed by atoms with Gasteiger partial charge in [0.25, 0.3) is 0 Å². The Kier molecular flexibility index (Phi) is 5.49. The molecular weight excluding hydrogens is 348 g/mol. The van der Waals surface area contributed by atoms with E-state index in [-0.39, 0.29) is 11.9 Å². The summed E-state index contributed by atoms with van der Waals surface area (Å²) in [5.41, 5.74) is 3.24. The summed E-state index contributed by atoms with van der Waals surface area (Å²) in [5.74, 6) is -0.233. The van der Waals surface area contributed by atoms with Gasteiger partial charge in [-0.25, -0.2) is 0 Å². The van der Waals surface area contributed by atoms with Crippen molar-refractivity contribution in [2.24, 2.45) is 7.05 Å². The molecule has 1 atom stereocenters. The van der Waals surface area contributed by atoms with E-state index in [1.54, 1.807) is 24.0 Å². The Morgan fingerprint density at radius 2 is 1.92 bits per heavy atom. The average Bonchev–Trinajstić information content (AvgIpc) is 2.91. The third kappa shape index (κ3) is 4.00. The first-order chi connectivity index (χ1) is 12.6. The zero-order valence-electron chi connectivity index (χ0n) is 14.6. The normalized spacial score (nSPS) is 12.3. The smallest absolute Gasteiger partial charge is 0.244 e. The third-order valence-electron chi connectivity index (χ3n) is 4.00. The van der Waals surface area contributed by atoms with Gasteiger partial charge in [0.2, 0.25) is 5.91 Å². The monoisotopic (exact) mass is 366 g/mol. The second-order valence-electron chi connectivity index (χ2n) is 5.85. The Bertz CT molecular complexity index is 880. The van der Waals surface area contributed by atoms with Crippen molar-refractivity contribution in [3.8, 4) is 0 Å². The highest BCUT2D eigenvalue weighted by atomic mass is 35.5. The van der Waals surface area contributed by atoms with Crippen molar-refractivity contribution < 1.29 is 4.79 Å². The maximum absolute atomic E-state index is 12.5. The molecule has 0 aliphatic rings. The van der Waals surface area contributed by atoms with E-state index < -0.39 is 0 Å². The molecule has 5 nitrogen and oxygen atoms in total. The van der Waals surface area contributed by atoms with Crippen molar-refractivity contribution in [1.29, 1.82) is 0 Å². The van der Waals surface area contributed by atoms with E-state index in [0.717, 1.165) is 22.5 Å². The van der Waals surface area contributed by atoms with Crippen LogP contribution in [0.3, 0.4) is 0 Å². The van der Waals surface area contributed by atoms with Gasteiger partial charge in [-0.1, -0.05) is 48.0 Å². The Labute approximate surface area is 157 Å². The van der Waals surface area contributed by atoms with E-state index in [4.69, 9.17) is 11.6 Å². The average molecular weight is 367 g/mol. The maximum Gasteiger partial charge on any atom is 0.244 e. The molecule has 0 saturated carbocycles. The fraction of sp³-hybridized carbons (Fsp3) is 0.150. The predicted molar refractivity (Wildman–Crippen MR) is 103 cm³/mol. The molecule has 1 unspecified atom stereocenters. The minimum Gasteiger partial charge on any atom is -0.340 e. The van der Waals surface area contributed by atoms with Crippen molar-refractivity contribution in [3.63, 3.8) is 0 Å². The Balaban J connectivity index is 1.83. The van der Waals surface area contributed by atoms with Crippen LogP contribution in [-0.4, -0.2) is 20.7 Å². The first-order valence-corrected chi connectivity index (χ1v) is 8.57. The molecule has 2 heterocycles. The summed E-state index contributed by atoms with van der Waals surface area (Å²) in [6.45, 7) is 1.85. The highest BCUT2D eigenvalue weighted by molar-refractivity contribution is 6.31. The van der Waals surface area contributed by atoms with Gasteiger partial charge in [-0.15, -0.1) is 0 Å². The molecule has 1 amide bonds. The quantitative estimate of drug-likeness (QED) is 0.700. The standard InChI is InChI=1S/C20H19ClN4O/c1-14-16(20(21)25(2)24-14)11-12-18(26)23-19(15-8-4-3-5-9-15)17-10-6-7-13-22-17/h3-13,19H,1-2H3,(H,23,26)/b12-11+. The fourth-order valence-electron chi connectivity index (χ4n) is 2.71. The van der Waals surface area contributed by atoms with Crippen LogP contribution >= 0.6 is 11.6 Å². The molecular formula is C20H19ClN4O. The number of hydrogen-bond donors (Lipinski definition) is 1. The Hall–Kier alpha value is -2.92. The van der Waals surface area contributed by atoms with Crippen LogP contribution < -0.4 is 5.32 Å². The number of rotatable bonds is 5. The summed E-state index contributed by atoms with van der Waals surface area (Å²) in [4.78, 5) is 16.9. The summed E-state index contributed by atoms with van der Waals surface area (Å²) in [7, 11) is 1.76. The molecule has 132 valence electrons. The number of aryl methyl sites for hydroxylation is 2. The lowest BCUT2D eigenvalue weighted by atomic mass is 10.0. The van der Waals surface area contributed by atoms with E-state index in [9.17, 15) is 4.79 Å². The lowest BCUT2D eigenvalue weighted by Gasteiger charge is -2.17. The summed E-state index contributed by atoms with van der Waals surface area (Å²) in [5, 5.41) is 7.74. The second kappa shape index (κ2) is 7.97. The topological polar surface area (TPSA) is 59.8 Å². The van der Waals surface area contributed by atoms with Gasteiger partial charge in [0.05, 0.1) is 17.4 Å². The van der Waals surface area contributed by atoms with Crippen LogP contribution in [0.25, 0.3) is 6.08 Å². The zero-order chi connectivity index (χ0) is 18.5. The largest absolute Gasteiger partial charge is 0.340 e. The van der Waals surface area contributed by atoms with Crippen molar-refractivity contribution in [1.82, 2.24) is 20.1 Å². The summed E-state index contributed by atoms with van der Waals surface area (Å²) >= 11 is 6.20. The van der Waals surface area contributed by atoms with Gasteiger partial charge < -0.3 is 5.32 Å². The van der Waals surface area contributed by atoms with Gasteiger partial charge in [-0.3, -0.25) is 14.5 Å². The summed E-state index contributed by atoms with van der Waals surface area (Å²) in [6, 6.07) is 15.0. The molecule has 0 bridgehead atoms. The highest BCUT2D eigenvalue weighted by Crippen LogP contribution is 2.21. The first-order valence-electron chi connectivity index (χ1n) is 8.20. The number of aromatic nitrogens is 3. The number of halogens is 1. The lowest BCUT2D eigenvalue weighted by Crippen LogP contribution is -2.28. The number of nitrogens with one attached hydrogen (secondary N) is 1. The van der Waals surface area contributed by atoms with Crippen LogP contribution in [0.2, 0.25) is 5.15 Å². The molecule has 6 heteroatoms. The molecule has 0 aliphatic heterocycles. The number of carbonyl (C=O) groups excluding carboxylic acids is 1. The minimum absolute atomic E-state index is 0.233. The number of amides is 1. The minimum atomic E-state index is -0.333. The number of nitrogens with zero attached hydrogens (tertiary/aromatic N) is 3. The molecule has 3 aromatic rings. The molecule has 0 spiro atoms. The molecule has 3 rings (SSSR count). The fourth-order valence-corrected chi connectivity index (χ4v) is 2.94. The van der Waals surface area contributed by atoms with E-state index in [1.807, 2.05) is 55.5 Å². The van der Waals surface area contributed by atoms with Crippen molar-refractivity contribution in [3.05, 3.63) is 88.5 Å². The number of hydrogen-bond acceptors (Lipinski definition) is 3. The van der Waals surface area contributed by atoms with Crippen LogP contribution in [0.15, 0.2) is 60.8 Å². The molecule has 0 radical (unpaired) electrons. The molecule has 0 fully saturated rings. The Morgan fingerprint density at radius 1 is 1.19 bits per heavy atom. The van der Waals surface area contributed by atoms with Crippen molar-refractivity contribution in [2.75, 3.05) is 0 Å². The van der Waals surface area contributed by atoms with E-state index in [0.29, 0.717) is 5.15 Å². The molecule has 1 aromatic carbocycles. The number of pyridine rings is 1. The van der Waals surface area contributed by atoms with E-state index in [2.05, 4.69) is 15.4 Å². The molecule has 2 aromatic heterocycles. The molecule has 1 N–H and O–H groups in total. The summed E-state index contributed by atoms with van der Waals surface area (Å²) in [6.07, 6.45) is 4.86. The number of carbonyl (C=O) groups is 1. The van der Waals surface area contributed by atoms with E-state index >= 15 is 0 Å². The first kappa shape index (κ1) is 17.9. The van der Waals surface area contributed by atoms with Crippen LogP contribution in [0.1, 0.15) is 28.6 Å². The van der Waals surface area contributed by atoms with Crippen LogP contribution in [0.5, 0.6) is 0 Å². The lowest BCUT2D eigenvalue weighted by molar-refractivity contribution is -0.116.